The zero-order valence-corrected chi connectivity index (χ0v) is 14.4. The van der Waals surface area contributed by atoms with Gasteiger partial charge in [0.1, 0.15) is 17.4 Å². The van der Waals surface area contributed by atoms with Crippen LogP contribution in [0.3, 0.4) is 0 Å². The smallest absolute Gasteiger partial charge is 0.221 e. The van der Waals surface area contributed by atoms with Gasteiger partial charge in [-0.25, -0.2) is 4.98 Å². The van der Waals surface area contributed by atoms with Crippen LogP contribution in [0.5, 0.6) is 5.75 Å². The highest BCUT2D eigenvalue weighted by molar-refractivity contribution is 7.12. The van der Waals surface area contributed by atoms with Crippen molar-refractivity contribution < 1.29 is 9.53 Å². The molecule has 1 amide bonds. The number of anilines is 1. The van der Waals surface area contributed by atoms with Crippen LogP contribution in [0.2, 0.25) is 0 Å². The molecule has 3 rings (SSSR count). The van der Waals surface area contributed by atoms with Crippen molar-refractivity contribution in [3.05, 3.63) is 64.5 Å². The van der Waals surface area contributed by atoms with Gasteiger partial charge in [-0.2, -0.15) is 0 Å². The first-order valence-electron chi connectivity index (χ1n) is 7.64. The fraction of sp³-hybridized carbons (Fsp3) is 0.158. The number of thiazole rings is 1. The van der Waals surface area contributed by atoms with Gasteiger partial charge in [-0.15, -0.1) is 11.3 Å². The predicted octanol–water partition coefficient (Wildman–Crippen LogP) is 4.66. The summed E-state index contributed by atoms with van der Waals surface area (Å²) in [6, 6.07) is 17.4. The quantitative estimate of drug-likeness (QED) is 0.736. The Bertz CT molecular complexity index is 826. The summed E-state index contributed by atoms with van der Waals surface area (Å²) < 4.78 is 5.76. The van der Waals surface area contributed by atoms with Gasteiger partial charge in [-0.1, -0.05) is 30.3 Å². The third kappa shape index (κ3) is 4.00. The number of aryl methyl sites for hydroxylation is 1. The zero-order valence-electron chi connectivity index (χ0n) is 13.6. The molecule has 122 valence electrons. The van der Waals surface area contributed by atoms with Crippen LogP contribution in [0, 0.1) is 6.92 Å². The Morgan fingerprint density at radius 2 is 1.83 bits per heavy atom. The van der Waals surface area contributed by atoms with E-state index < -0.39 is 0 Å². The number of carbonyl (C=O) groups is 1. The summed E-state index contributed by atoms with van der Waals surface area (Å²) in [5, 5.41) is 3.71. The number of aromatic nitrogens is 1. The molecule has 1 aromatic heterocycles. The van der Waals surface area contributed by atoms with Crippen LogP contribution in [0.4, 0.5) is 5.69 Å². The molecule has 0 fully saturated rings. The third-order valence-electron chi connectivity index (χ3n) is 3.43. The highest BCUT2D eigenvalue weighted by atomic mass is 32.1. The number of nitrogens with one attached hydrogen (secondary N) is 1. The average Bonchev–Trinajstić information content (AvgIpc) is 2.95. The van der Waals surface area contributed by atoms with Gasteiger partial charge in [0.25, 0.3) is 0 Å². The molecule has 0 radical (unpaired) electrons. The number of benzene rings is 2. The van der Waals surface area contributed by atoms with Crippen molar-refractivity contribution in [3.63, 3.8) is 0 Å². The number of para-hydroxylation sites is 1. The Morgan fingerprint density at radius 1 is 1.12 bits per heavy atom. The van der Waals surface area contributed by atoms with E-state index in [0.717, 1.165) is 32.6 Å². The number of hydrogen-bond donors (Lipinski definition) is 1. The van der Waals surface area contributed by atoms with Gasteiger partial charge in [-0.05, 0) is 31.2 Å². The maximum absolute atomic E-state index is 11.1. The minimum Gasteiger partial charge on any atom is -0.486 e. The lowest BCUT2D eigenvalue weighted by Crippen LogP contribution is -2.05. The summed E-state index contributed by atoms with van der Waals surface area (Å²) in [4.78, 5) is 16.9. The van der Waals surface area contributed by atoms with E-state index in [4.69, 9.17) is 9.72 Å². The van der Waals surface area contributed by atoms with Crippen molar-refractivity contribution in [1.82, 2.24) is 4.98 Å². The van der Waals surface area contributed by atoms with Gasteiger partial charge in [0, 0.05) is 23.1 Å². The standard InChI is InChI=1S/C19H18N2O2S/c1-13-19(15-8-10-16(11-9-15)20-14(2)22)21-18(24-13)12-23-17-6-4-3-5-7-17/h3-11H,12H2,1-2H3,(H,20,22). The molecule has 0 aliphatic rings. The normalized spacial score (nSPS) is 10.4. The van der Waals surface area contributed by atoms with Crippen molar-refractivity contribution in [2.75, 3.05) is 5.32 Å². The second-order valence-electron chi connectivity index (χ2n) is 5.37. The lowest BCUT2D eigenvalue weighted by molar-refractivity contribution is -0.114. The molecule has 1 N–H and O–H groups in total. The van der Waals surface area contributed by atoms with Crippen LogP contribution in [0.15, 0.2) is 54.6 Å². The molecule has 5 heteroatoms. The van der Waals surface area contributed by atoms with Gasteiger partial charge in [0.05, 0.1) is 5.69 Å². The molecule has 0 unspecified atom stereocenters. The van der Waals surface area contributed by atoms with Crippen molar-refractivity contribution in [2.24, 2.45) is 0 Å². The van der Waals surface area contributed by atoms with Gasteiger partial charge in [-0.3, -0.25) is 4.79 Å². The number of hydrogen-bond acceptors (Lipinski definition) is 4. The zero-order chi connectivity index (χ0) is 16.9. The number of nitrogens with zero attached hydrogens (tertiary/aromatic N) is 1. The van der Waals surface area contributed by atoms with Gasteiger partial charge < -0.3 is 10.1 Å². The van der Waals surface area contributed by atoms with E-state index in [-0.39, 0.29) is 5.91 Å². The molecule has 0 saturated heterocycles. The number of carbonyl (C=O) groups excluding carboxylic acids is 1. The maximum Gasteiger partial charge on any atom is 0.221 e. The van der Waals surface area contributed by atoms with Gasteiger partial charge in [0.15, 0.2) is 0 Å². The first-order chi connectivity index (χ1) is 11.6. The van der Waals surface area contributed by atoms with Crippen LogP contribution < -0.4 is 10.1 Å². The Morgan fingerprint density at radius 3 is 2.50 bits per heavy atom. The van der Waals surface area contributed by atoms with Gasteiger partial charge in [0.2, 0.25) is 5.91 Å². The SMILES string of the molecule is CC(=O)Nc1ccc(-c2nc(COc3ccccc3)sc2C)cc1. The van der Waals surface area contributed by atoms with Crippen molar-refractivity contribution in [2.45, 2.75) is 20.5 Å². The first-order valence-corrected chi connectivity index (χ1v) is 8.45. The Balaban J connectivity index is 1.72. The fourth-order valence-electron chi connectivity index (χ4n) is 2.36. The van der Waals surface area contributed by atoms with Crippen LogP contribution >= 0.6 is 11.3 Å². The van der Waals surface area contributed by atoms with E-state index in [2.05, 4.69) is 12.2 Å². The van der Waals surface area contributed by atoms with Crippen molar-refractivity contribution in [1.29, 1.82) is 0 Å². The second-order valence-corrected chi connectivity index (χ2v) is 6.66. The largest absolute Gasteiger partial charge is 0.486 e. The second kappa shape index (κ2) is 7.27. The molecule has 0 aliphatic heterocycles. The molecule has 24 heavy (non-hydrogen) atoms. The minimum absolute atomic E-state index is 0.0760. The lowest BCUT2D eigenvalue weighted by Gasteiger charge is -2.04. The molecule has 0 saturated carbocycles. The summed E-state index contributed by atoms with van der Waals surface area (Å²) in [5.41, 5.74) is 2.77. The maximum atomic E-state index is 11.1. The summed E-state index contributed by atoms with van der Waals surface area (Å²) in [6.45, 7) is 4.01. The minimum atomic E-state index is -0.0760. The molecular weight excluding hydrogens is 320 g/mol. The first kappa shape index (κ1) is 16.2. The highest BCUT2D eigenvalue weighted by Gasteiger charge is 2.10. The molecule has 3 aromatic rings. The van der Waals surface area contributed by atoms with Gasteiger partial charge >= 0.3 is 0 Å². The van der Waals surface area contributed by atoms with Crippen LogP contribution in [0.25, 0.3) is 11.3 Å². The average molecular weight is 338 g/mol. The fourth-order valence-corrected chi connectivity index (χ4v) is 3.23. The monoisotopic (exact) mass is 338 g/mol. The Kier molecular flexibility index (Phi) is 4.91. The predicted molar refractivity (Wildman–Crippen MR) is 97.4 cm³/mol. The third-order valence-corrected chi connectivity index (χ3v) is 4.37. The summed E-state index contributed by atoms with van der Waals surface area (Å²) in [7, 11) is 0. The molecule has 0 aliphatic carbocycles. The molecule has 4 nitrogen and oxygen atoms in total. The summed E-state index contributed by atoms with van der Waals surface area (Å²) in [5.74, 6) is 0.763. The molecular formula is C19H18N2O2S. The topological polar surface area (TPSA) is 51.2 Å². The van der Waals surface area contributed by atoms with E-state index in [1.807, 2.05) is 54.6 Å². The molecule has 0 atom stereocenters. The van der Waals surface area contributed by atoms with E-state index in [9.17, 15) is 4.79 Å². The molecule has 1 heterocycles. The van der Waals surface area contributed by atoms with Crippen molar-refractivity contribution >= 4 is 22.9 Å². The molecule has 0 bridgehead atoms. The van der Waals surface area contributed by atoms with Crippen LogP contribution in [0.1, 0.15) is 16.8 Å². The number of rotatable bonds is 5. The summed E-state index contributed by atoms with van der Waals surface area (Å²) in [6.07, 6.45) is 0. The van der Waals surface area contributed by atoms with Crippen LogP contribution in [-0.2, 0) is 11.4 Å². The Hall–Kier alpha value is -2.66. The molecule has 0 spiro atoms. The van der Waals surface area contributed by atoms with Crippen molar-refractivity contribution in [3.8, 4) is 17.0 Å². The number of ether oxygens (including phenoxy) is 1. The van der Waals surface area contributed by atoms with Crippen LogP contribution in [-0.4, -0.2) is 10.9 Å². The van der Waals surface area contributed by atoms with E-state index in [1.54, 1.807) is 11.3 Å². The lowest BCUT2D eigenvalue weighted by atomic mass is 10.1. The highest BCUT2D eigenvalue weighted by Crippen LogP contribution is 2.29. The molecule has 2 aromatic carbocycles. The number of amides is 1. The van der Waals surface area contributed by atoms with E-state index >= 15 is 0 Å². The van der Waals surface area contributed by atoms with E-state index in [1.165, 1.54) is 6.92 Å². The summed E-state index contributed by atoms with van der Waals surface area (Å²) >= 11 is 1.64. The van der Waals surface area contributed by atoms with E-state index in [0.29, 0.717) is 6.61 Å². The Labute approximate surface area is 145 Å².